The third-order valence-electron chi connectivity index (χ3n) is 3.05. The molecule has 0 spiro atoms. The lowest BCUT2D eigenvalue weighted by Crippen LogP contribution is -2.44. The molecule has 5 heteroatoms. The van der Waals surface area contributed by atoms with E-state index in [0.717, 1.165) is 12.8 Å². The highest BCUT2D eigenvalue weighted by Gasteiger charge is 2.19. The van der Waals surface area contributed by atoms with E-state index in [2.05, 4.69) is 10.6 Å². The number of hydrogen-bond acceptors (Lipinski definition) is 3. The van der Waals surface area contributed by atoms with Crippen molar-refractivity contribution in [2.24, 2.45) is 0 Å². The van der Waals surface area contributed by atoms with Crippen molar-refractivity contribution in [3.05, 3.63) is 29.8 Å². The Morgan fingerprint density at radius 2 is 1.89 bits per heavy atom. The topological polar surface area (TPSA) is 84.2 Å². The lowest BCUT2D eigenvalue weighted by atomic mass is 9.93. The number of carbonyl (C=O) groups is 2. The predicted molar refractivity (Wildman–Crippen MR) is 69.0 cm³/mol. The van der Waals surface area contributed by atoms with Gasteiger partial charge in [0.2, 0.25) is 5.91 Å². The van der Waals surface area contributed by atoms with E-state index >= 15 is 0 Å². The van der Waals surface area contributed by atoms with Gasteiger partial charge in [-0.1, -0.05) is 0 Å². The summed E-state index contributed by atoms with van der Waals surface area (Å²) in [7, 11) is 0. The highest BCUT2D eigenvalue weighted by atomic mass is 16.2. The molecule has 1 saturated carbocycles. The van der Waals surface area contributed by atoms with Crippen LogP contribution in [0.25, 0.3) is 0 Å². The molecule has 1 aromatic rings. The first kappa shape index (κ1) is 12.4. The standard InChI is InChI=1S/C13H17N3O2/c14-10-6-4-9(5-7-10)13(18)15-8-12(17)16-11-2-1-3-11/h4-7,11H,1-3,8,14H2,(H,15,18)(H,16,17). The summed E-state index contributed by atoms with van der Waals surface area (Å²) in [6, 6.07) is 6.88. The Morgan fingerprint density at radius 3 is 2.44 bits per heavy atom. The lowest BCUT2D eigenvalue weighted by molar-refractivity contribution is -0.121. The molecule has 5 nitrogen and oxygen atoms in total. The molecule has 2 rings (SSSR count). The molecule has 0 unspecified atom stereocenters. The van der Waals surface area contributed by atoms with Crippen LogP contribution in [0.1, 0.15) is 29.6 Å². The molecule has 0 heterocycles. The van der Waals surface area contributed by atoms with Crippen LogP contribution >= 0.6 is 0 Å². The number of rotatable bonds is 4. The van der Waals surface area contributed by atoms with E-state index in [9.17, 15) is 9.59 Å². The Balaban J connectivity index is 1.76. The second-order valence-electron chi connectivity index (χ2n) is 4.50. The summed E-state index contributed by atoms with van der Waals surface area (Å²) in [5.41, 5.74) is 6.64. The quantitative estimate of drug-likeness (QED) is 0.684. The molecule has 0 aromatic heterocycles. The van der Waals surface area contributed by atoms with Crippen molar-refractivity contribution in [2.75, 3.05) is 12.3 Å². The number of nitrogens with one attached hydrogen (secondary N) is 2. The van der Waals surface area contributed by atoms with E-state index in [1.807, 2.05) is 0 Å². The molecule has 1 fully saturated rings. The Hall–Kier alpha value is -2.04. The second-order valence-corrected chi connectivity index (χ2v) is 4.50. The predicted octanol–water partition coefficient (Wildman–Crippen LogP) is 0.667. The number of anilines is 1. The normalized spacial score (nSPS) is 14.7. The summed E-state index contributed by atoms with van der Waals surface area (Å²) < 4.78 is 0. The Bertz CT molecular complexity index is 438. The molecule has 4 N–H and O–H groups in total. The van der Waals surface area contributed by atoms with Gasteiger partial charge in [-0.15, -0.1) is 0 Å². The molecule has 1 aliphatic rings. The van der Waals surface area contributed by atoms with Crippen molar-refractivity contribution in [1.29, 1.82) is 0 Å². The average molecular weight is 247 g/mol. The van der Waals surface area contributed by atoms with E-state index in [1.54, 1.807) is 24.3 Å². The summed E-state index contributed by atoms with van der Waals surface area (Å²) in [4.78, 5) is 23.2. The molecule has 0 radical (unpaired) electrons. The lowest BCUT2D eigenvalue weighted by Gasteiger charge is -2.26. The van der Waals surface area contributed by atoms with Crippen molar-refractivity contribution in [1.82, 2.24) is 10.6 Å². The highest BCUT2D eigenvalue weighted by molar-refractivity contribution is 5.96. The summed E-state index contributed by atoms with van der Waals surface area (Å²) >= 11 is 0. The van der Waals surface area contributed by atoms with Gasteiger partial charge in [-0.3, -0.25) is 9.59 Å². The maximum atomic E-state index is 11.7. The van der Waals surface area contributed by atoms with Crippen LogP contribution in [0.4, 0.5) is 5.69 Å². The average Bonchev–Trinajstić information content (AvgIpc) is 2.32. The molecular formula is C13H17N3O2. The zero-order chi connectivity index (χ0) is 13.0. The minimum absolute atomic E-state index is 0.0136. The smallest absolute Gasteiger partial charge is 0.251 e. The van der Waals surface area contributed by atoms with Gasteiger partial charge in [-0.25, -0.2) is 0 Å². The molecular weight excluding hydrogens is 230 g/mol. The summed E-state index contributed by atoms with van der Waals surface area (Å²) in [6.45, 7) is 0.0136. The Morgan fingerprint density at radius 1 is 1.22 bits per heavy atom. The summed E-state index contributed by atoms with van der Waals surface area (Å²) in [5.74, 6) is -0.401. The molecule has 1 aliphatic carbocycles. The molecule has 0 aliphatic heterocycles. The fourth-order valence-corrected chi connectivity index (χ4v) is 1.73. The van der Waals surface area contributed by atoms with Crippen LogP contribution in [0, 0.1) is 0 Å². The third-order valence-corrected chi connectivity index (χ3v) is 3.05. The van der Waals surface area contributed by atoms with Crippen LogP contribution in [0.5, 0.6) is 0 Å². The zero-order valence-electron chi connectivity index (χ0n) is 10.1. The number of benzene rings is 1. The van der Waals surface area contributed by atoms with Gasteiger partial charge in [-0.05, 0) is 43.5 Å². The zero-order valence-corrected chi connectivity index (χ0v) is 10.1. The Kier molecular flexibility index (Phi) is 3.82. The van der Waals surface area contributed by atoms with E-state index < -0.39 is 0 Å². The fourth-order valence-electron chi connectivity index (χ4n) is 1.73. The van der Waals surface area contributed by atoms with Gasteiger partial charge in [0, 0.05) is 17.3 Å². The maximum Gasteiger partial charge on any atom is 0.251 e. The van der Waals surface area contributed by atoms with Crippen LogP contribution in [0.15, 0.2) is 24.3 Å². The van der Waals surface area contributed by atoms with Gasteiger partial charge in [0.1, 0.15) is 0 Å². The molecule has 1 aromatic carbocycles. The van der Waals surface area contributed by atoms with Crippen LogP contribution in [0.2, 0.25) is 0 Å². The van der Waals surface area contributed by atoms with Gasteiger partial charge in [0.05, 0.1) is 6.54 Å². The van der Waals surface area contributed by atoms with E-state index in [-0.39, 0.29) is 18.4 Å². The minimum Gasteiger partial charge on any atom is -0.399 e. The minimum atomic E-state index is -0.265. The molecule has 0 saturated heterocycles. The molecule has 0 atom stereocenters. The van der Waals surface area contributed by atoms with E-state index in [0.29, 0.717) is 17.3 Å². The van der Waals surface area contributed by atoms with Crippen LogP contribution in [-0.4, -0.2) is 24.4 Å². The fraction of sp³-hybridized carbons (Fsp3) is 0.385. The first-order valence-electron chi connectivity index (χ1n) is 6.08. The van der Waals surface area contributed by atoms with Crippen LogP contribution < -0.4 is 16.4 Å². The molecule has 0 bridgehead atoms. The van der Waals surface area contributed by atoms with E-state index in [1.165, 1.54) is 6.42 Å². The van der Waals surface area contributed by atoms with Crippen molar-refractivity contribution in [2.45, 2.75) is 25.3 Å². The highest BCUT2D eigenvalue weighted by Crippen LogP contribution is 2.17. The van der Waals surface area contributed by atoms with Gasteiger partial charge in [0.25, 0.3) is 5.91 Å². The third kappa shape index (κ3) is 3.23. The SMILES string of the molecule is Nc1ccc(C(=O)NCC(=O)NC2CCC2)cc1. The summed E-state index contributed by atoms with van der Waals surface area (Å²) in [5, 5.41) is 5.44. The number of nitrogen functional groups attached to an aromatic ring is 1. The monoisotopic (exact) mass is 247 g/mol. The van der Waals surface area contributed by atoms with Crippen molar-refractivity contribution in [3.8, 4) is 0 Å². The van der Waals surface area contributed by atoms with Crippen LogP contribution in [0.3, 0.4) is 0 Å². The summed E-state index contributed by atoms with van der Waals surface area (Å²) in [6.07, 6.45) is 3.25. The van der Waals surface area contributed by atoms with Gasteiger partial charge in [-0.2, -0.15) is 0 Å². The van der Waals surface area contributed by atoms with E-state index in [4.69, 9.17) is 5.73 Å². The number of nitrogens with two attached hydrogens (primary N) is 1. The first-order chi connectivity index (χ1) is 8.65. The Labute approximate surface area is 106 Å². The first-order valence-corrected chi connectivity index (χ1v) is 6.08. The molecule has 2 amide bonds. The molecule has 18 heavy (non-hydrogen) atoms. The van der Waals surface area contributed by atoms with Crippen molar-refractivity contribution >= 4 is 17.5 Å². The number of hydrogen-bond donors (Lipinski definition) is 3. The molecule has 96 valence electrons. The number of carbonyl (C=O) groups excluding carboxylic acids is 2. The largest absolute Gasteiger partial charge is 0.399 e. The maximum absolute atomic E-state index is 11.7. The second kappa shape index (κ2) is 5.53. The van der Waals surface area contributed by atoms with Gasteiger partial charge in [0.15, 0.2) is 0 Å². The van der Waals surface area contributed by atoms with Gasteiger partial charge >= 0.3 is 0 Å². The van der Waals surface area contributed by atoms with Crippen molar-refractivity contribution < 1.29 is 9.59 Å². The number of amides is 2. The van der Waals surface area contributed by atoms with Crippen LogP contribution in [-0.2, 0) is 4.79 Å². The van der Waals surface area contributed by atoms with Gasteiger partial charge < -0.3 is 16.4 Å². The van der Waals surface area contributed by atoms with Crippen molar-refractivity contribution in [3.63, 3.8) is 0 Å².